The molecule has 1 aromatic carbocycles. The van der Waals surface area contributed by atoms with Crippen molar-refractivity contribution in [2.75, 3.05) is 11.6 Å². The van der Waals surface area contributed by atoms with Gasteiger partial charge in [0, 0.05) is 29.7 Å². The quantitative estimate of drug-likeness (QED) is 0.883. The van der Waals surface area contributed by atoms with E-state index in [9.17, 15) is 8.42 Å². The summed E-state index contributed by atoms with van der Waals surface area (Å²) in [6.45, 7) is 2.61. The van der Waals surface area contributed by atoms with Crippen molar-refractivity contribution in [3.05, 3.63) is 41.7 Å². The van der Waals surface area contributed by atoms with E-state index < -0.39 is 9.84 Å². The molecule has 2 rings (SSSR count). The average Bonchev–Trinajstić information content (AvgIpc) is 2.72. The first-order chi connectivity index (χ1) is 8.47. The number of nitrogens with one attached hydrogen (secondary N) is 2. The smallest absolute Gasteiger partial charge is 0.175 e. The van der Waals surface area contributed by atoms with Gasteiger partial charge in [-0.2, -0.15) is 5.10 Å². The maximum atomic E-state index is 11.3. The molecule has 0 spiro atoms. The zero-order valence-electron chi connectivity index (χ0n) is 10.3. The molecule has 0 aliphatic rings. The van der Waals surface area contributed by atoms with E-state index in [2.05, 4.69) is 15.5 Å². The molecule has 0 fully saturated rings. The lowest BCUT2D eigenvalue weighted by atomic mass is 10.2. The summed E-state index contributed by atoms with van der Waals surface area (Å²) in [6.07, 6.45) is 2.97. The first kappa shape index (κ1) is 12.6. The summed E-state index contributed by atoms with van der Waals surface area (Å²) in [7, 11) is -3.13. The molecule has 0 radical (unpaired) electrons. The van der Waals surface area contributed by atoms with E-state index in [1.165, 1.54) is 6.26 Å². The molecule has 0 saturated heterocycles. The highest BCUT2D eigenvalue weighted by Crippen LogP contribution is 2.15. The molecule has 0 aliphatic carbocycles. The van der Waals surface area contributed by atoms with Gasteiger partial charge in [-0.3, -0.25) is 5.10 Å². The van der Waals surface area contributed by atoms with Crippen LogP contribution in [0.15, 0.2) is 35.4 Å². The van der Waals surface area contributed by atoms with Crippen LogP contribution < -0.4 is 5.32 Å². The number of anilines is 1. The van der Waals surface area contributed by atoms with Crippen LogP contribution in [0.4, 0.5) is 5.69 Å². The second kappa shape index (κ2) is 4.81. The summed E-state index contributed by atoms with van der Waals surface area (Å²) in [6, 6.07) is 6.71. The van der Waals surface area contributed by atoms with Crippen LogP contribution in [0.1, 0.15) is 11.3 Å². The van der Waals surface area contributed by atoms with Crippen molar-refractivity contribution >= 4 is 15.5 Å². The van der Waals surface area contributed by atoms with Gasteiger partial charge in [0.25, 0.3) is 0 Å². The maximum Gasteiger partial charge on any atom is 0.175 e. The van der Waals surface area contributed by atoms with Crippen LogP contribution >= 0.6 is 0 Å². The number of aromatic nitrogens is 2. The Bertz CT molecular complexity index is 630. The van der Waals surface area contributed by atoms with Crippen LogP contribution in [-0.4, -0.2) is 24.9 Å². The van der Waals surface area contributed by atoms with Crippen LogP contribution in [0, 0.1) is 6.92 Å². The molecule has 0 bridgehead atoms. The van der Waals surface area contributed by atoms with Gasteiger partial charge < -0.3 is 5.32 Å². The summed E-state index contributed by atoms with van der Waals surface area (Å²) in [5.41, 5.74) is 2.99. The fourth-order valence-corrected chi connectivity index (χ4v) is 2.20. The molecule has 0 saturated carbocycles. The van der Waals surface area contributed by atoms with Crippen molar-refractivity contribution in [3.63, 3.8) is 0 Å². The minimum absolute atomic E-state index is 0.326. The Hall–Kier alpha value is -1.82. The highest BCUT2D eigenvalue weighted by Gasteiger charge is 2.06. The molecule has 2 N–H and O–H groups in total. The van der Waals surface area contributed by atoms with Crippen LogP contribution in [0.25, 0.3) is 0 Å². The number of hydrogen-bond acceptors (Lipinski definition) is 4. The fraction of sp³-hybridized carbons (Fsp3) is 0.250. The molecule has 96 valence electrons. The van der Waals surface area contributed by atoms with Gasteiger partial charge >= 0.3 is 0 Å². The van der Waals surface area contributed by atoms with Crippen LogP contribution in [-0.2, 0) is 16.4 Å². The number of nitrogens with zero attached hydrogens (tertiary/aromatic N) is 1. The lowest BCUT2D eigenvalue weighted by Gasteiger charge is -2.06. The van der Waals surface area contributed by atoms with Gasteiger partial charge in [-0.15, -0.1) is 0 Å². The van der Waals surface area contributed by atoms with E-state index in [0.29, 0.717) is 11.4 Å². The summed E-state index contributed by atoms with van der Waals surface area (Å²) in [5.74, 6) is 0. The maximum absolute atomic E-state index is 11.3. The summed E-state index contributed by atoms with van der Waals surface area (Å²) in [5, 5.41) is 10.0. The second-order valence-corrected chi connectivity index (χ2v) is 6.19. The van der Waals surface area contributed by atoms with Crippen LogP contribution in [0.2, 0.25) is 0 Å². The predicted molar refractivity (Wildman–Crippen MR) is 70.2 cm³/mol. The number of rotatable bonds is 4. The molecule has 5 nitrogen and oxygen atoms in total. The van der Waals surface area contributed by atoms with Gasteiger partial charge in [-0.05, 0) is 31.2 Å². The molecule has 0 amide bonds. The molecule has 0 aliphatic heterocycles. The van der Waals surface area contributed by atoms with Gasteiger partial charge in [0.1, 0.15) is 0 Å². The van der Waals surface area contributed by atoms with Crippen molar-refractivity contribution in [1.82, 2.24) is 10.2 Å². The third-order valence-electron chi connectivity index (χ3n) is 2.70. The Kier molecular flexibility index (Phi) is 3.38. The van der Waals surface area contributed by atoms with E-state index in [1.807, 2.05) is 6.92 Å². The van der Waals surface area contributed by atoms with Crippen LogP contribution in [0.3, 0.4) is 0 Å². The lowest BCUT2D eigenvalue weighted by Crippen LogP contribution is -2.01. The first-order valence-electron chi connectivity index (χ1n) is 5.49. The van der Waals surface area contributed by atoms with Gasteiger partial charge in [0.05, 0.1) is 11.1 Å². The Morgan fingerprint density at radius 3 is 2.44 bits per heavy atom. The van der Waals surface area contributed by atoms with Gasteiger partial charge in [0.2, 0.25) is 0 Å². The number of sulfone groups is 1. The van der Waals surface area contributed by atoms with Crippen molar-refractivity contribution in [2.24, 2.45) is 0 Å². The molecule has 6 heteroatoms. The number of benzene rings is 1. The standard InChI is InChI=1S/C12H15N3O2S/c1-9-10(8-14-15-9)7-13-11-3-5-12(6-4-11)18(2,16)17/h3-6,8,13H,7H2,1-2H3,(H,14,15). The van der Waals surface area contributed by atoms with E-state index >= 15 is 0 Å². The minimum atomic E-state index is -3.13. The van der Waals surface area contributed by atoms with E-state index in [1.54, 1.807) is 30.5 Å². The molecule has 18 heavy (non-hydrogen) atoms. The molecule has 0 atom stereocenters. The van der Waals surface area contributed by atoms with Crippen LogP contribution in [0.5, 0.6) is 0 Å². The fourth-order valence-electron chi connectivity index (χ4n) is 1.57. The minimum Gasteiger partial charge on any atom is -0.381 e. The largest absolute Gasteiger partial charge is 0.381 e. The Morgan fingerprint density at radius 2 is 1.94 bits per heavy atom. The molecular formula is C12H15N3O2S. The number of H-pyrrole nitrogens is 1. The monoisotopic (exact) mass is 265 g/mol. The van der Waals surface area contributed by atoms with Crippen molar-refractivity contribution in [3.8, 4) is 0 Å². The zero-order chi connectivity index (χ0) is 13.2. The Balaban J connectivity index is 2.05. The first-order valence-corrected chi connectivity index (χ1v) is 7.39. The normalized spacial score (nSPS) is 11.4. The third kappa shape index (κ3) is 2.89. The van der Waals surface area contributed by atoms with Gasteiger partial charge in [0.15, 0.2) is 9.84 Å². The van der Waals surface area contributed by atoms with E-state index in [4.69, 9.17) is 0 Å². The molecule has 0 unspecified atom stereocenters. The second-order valence-electron chi connectivity index (χ2n) is 4.17. The van der Waals surface area contributed by atoms with Crippen molar-refractivity contribution in [1.29, 1.82) is 0 Å². The SMILES string of the molecule is Cc1[nH]ncc1CNc1ccc(S(C)(=O)=O)cc1. The topological polar surface area (TPSA) is 74.8 Å². The average molecular weight is 265 g/mol. The number of aryl methyl sites for hydroxylation is 1. The number of hydrogen-bond donors (Lipinski definition) is 2. The van der Waals surface area contributed by atoms with Crippen molar-refractivity contribution < 1.29 is 8.42 Å². The Morgan fingerprint density at radius 1 is 1.28 bits per heavy atom. The van der Waals surface area contributed by atoms with Gasteiger partial charge in [-0.1, -0.05) is 0 Å². The highest BCUT2D eigenvalue weighted by molar-refractivity contribution is 7.90. The predicted octanol–water partition coefficient (Wildman–Crippen LogP) is 1.73. The highest BCUT2D eigenvalue weighted by atomic mass is 32.2. The molecule has 1 aromatic heterocycles. The van der Waals surface area contributed by atoms with E-state index in [-0.39, 0.29) is 0 Å². The Labute approximate surface area is 106 Å². The van der Waals surface area contributed by atoms with Crippen molar-refractivity contribution in [2.45, 2.75) is 18.4 Å². The van der Waals surface area contributed by atoms with E-state index in [0.717, 1.165) is 16.9 Å². The molecular weight excluding hydrogens is 250 g/mol. The lowest BCUT2D eigenvalue weighted by molar-refractivity contribution is 0.602. The molecule has 1 heterocycles. The zero-order valence-corrected chi connectivity index (χ0v) is 11.1. The summed E-state index contributed by atoms with van der Waals surface area (Å²) >= 11 is 0. The summed E-state index contributed by atoms with van der Waals surface area (Å²) in [4.78, 5) is 0.326. The third-order valence-corrected chi connectivity index (χ3v) is 3.83. The number of aromatic amines is 1. The van der Waals surface area contributed by atoms with Gasteiger partial charge in [-0.25, -0.2) is 8.42 Å². The molecule has 2 aromatic rings. The summed E-state index contributed by atoms with van der Waals surface area (Å²) < 4.78 is 22.6.